The summed E-state index contributed by atoms with van der Waals surface area (Å²) in [5.74, 6) is -0.00177. The SMILES string of the molecule is Nc1cc(F)cc(-c2nnnn2-c2cccc(Br)c2)c1. The zero-order chi connectivity index (χ0) is 14.1. The molecule has 2 N–H and O–H groups in total. The number of hydrogen-bond acceptors (Lipinski definition) is 4. The maximum absolute atomic E-state index is 13.5. The lowest BCUT2D eigenvalue weighted by atomic mass is 10.2. The zero-order valence-corrected chi connectivity index (χ0v) is 11.7. The van der Waals surface area contributed by atoms with Crippen LogP contribution >= 0.6 is 15.9 Å². The van der Waals surface area contributed by atoms with Crippen LogP contribution in [0.3, 0.4) is 0 Å². The number of rotatable bonds is 2. The molecule has 0 unspecified atom stereocenters. The van der Waals surface area contributed by atoms with Gasteiger partial charge in [0.2, 0.25) is 0 Å². The van der Waals surface area contributed by atoms with Crippen LogP contribution in [0.4, 0.5) is 10.1 Å². The minimum Gasteiger partial charge on any atom is -0.399 e. The van der Waals surface area contributed by atoms with Gasteiger partial charge in [-0.3, -0.25) is 0 Å². The topological polar surface area (TPSA) is 69.6 Å². The van der Waals surface area contributed by atoms with E-state index in [9.17, 15) is 4.39 Å². The molecule has 0 aliphatic rings. The lowest BCUT2D eigenvalue weighted by molar-refractivity contribution is 0.628. The van der Waals surface area contributed by atoms with Crippen LogP contribution in [0.25, 0.3) is 17.1 Å². The summed E-state index contributed by atoms with van der Waals surface area (Å²) in [7, 11) is 0. The molecule has 0 aliphatic carbocycles. The van der Waals surface area contributed by atoms with E-state index in [0.29, 0.717) is 17.1 Å². The minimum absolute atomic E-state index is 0.323. The molecular formula is C13H9BrFN5. The van der Waals surface area contributed by atoms with Gasteiger partial charge in [-0.25, -0.2) is 4.39 Å². The molecule has 0 saturated heterocycles. The van der Waals surface area contributed by atoms with Crippen molar-refractivity contribution in [2.75, 3.05) is 5.73 Å². The molecule has 3 aromatic rings. The van der Waals surface area contributed by atoms with Gasteiger partial charge >= 0.3 is 0 Å². The fourth-order valence-corrected chi connectivity index (χ4v) is 2.28. The van der Waals surface area contributed by atoms with Crippen LogP contribution in [0.2, 0.25) is 0 Å². The normalized spacial score (nSPS) is 10.7. The van der Waals surface area contributed by atoms with E-state index in [1.165, 1.54) is 16.8 Å². The van der Waals surface area contributed by atoms with E-state index in [-0.39, 0.29) is 0 Å². The van der Waals surface area contributed by atoms with Crippen LogP contribution in [0, 0.1) is 5.82 Å². The lowest BCUT2D eigenvalue weighted by Gasteiger charge is -2.06. The Labute approximate surface area is 122 Å². The molecule has 0 bridgehead atoms. The summed E-state index contributed by atoms with van der Waals surface area (Å²) in [6.07, 6.45) is 0. The van der Waals surface area contributed by atoms with Crippen LogP contribution in [-0.4, -0.2) is 20.2 Å². The fraction of sp³-hybridized carbons (Fsp3) is 0. The van der Waals surface area contributed by atoms with E-state index < -0.39 is 5.82 Å². The molecule has 2 aromatic carbocycles. The lowest BCUT2D eigenvalue weighted by Crippen LogP contribution is -2.00. The standard InChI is InChI=1S/C13H9BrFN5/c14-9-2-1-3-12(6-9)20-13(17-18-19-20)8-4-10(15)7-11(16)5-8/h1-7H,16H2. The van der Waals surface area contributed by atoms with E-state index in [0.717, 1.165) is 10.2 Å². The van der Waals surface area contributed by atoms with Crippen molar-refractivity contribution >= 4 is 21.6 Å². The molecule has 0 saturated carbocycles. The fourth-order valence-electron chi connectivity index (χ4n) is 1.89. The van der Waals surface area contributed by atoms with Gasteiger partial charge < -0.3 is 5.73 Å². The van der Waals surface area contributed by atoms with Crippen molar-refractivity contribution in [1.82, 2.24) is 20.2 Å². The molecule has 0 amide bonds. The maximum Gasteiger partial charge on any atom is 0.187 e. The number of nitrogens with two attached hydrogens (primary N) is 1. The predicted molar refractivity (Wildman–Crippen MR) is 76.7 cm³/mol. The summed E-state index contributed by atoms with van der Waals surface area (Å²) >= 11 is 3.39. The number of tetrazole rings is 1. The third kappa shape index (κ3) is 2.39. The van der Waals surface area contributed by atoms with Gasteiger partial charge in [-0.05, 0) is 46.8 Å². The number of anilines is 1. The average Bonchev–Trinajstić information content (AvgIpc) is 2.86. The maximum atomic E-state index is 13.5. The molecule has 0 atom stereocenters. The quantitative estimate of drug-likeness (QED) is 0.732. The summed E-state index contributed by atoms with van der Waals surface area (Å²) < 4.78 is 15.9. The number of aromatic nitrogens is 4. The molecule has 7 heteroatoms. The molecule has 0 spiro atoms. The number of nitrogen functional groups attached to an aromatic ring is 1. The molecular weight excluding hydrogens is 325 g/mol. The molecule has 0 aliphatic heterocycles. The number of nitrogens with zero attached hydrogens (tertiary/aromatic N) is 4. The average molecular weight is 334 g/mol. The summed E-state index contributed by atoms with van der Waals surface area (Å²) in [5.41, 5.74) is 7.26. The molecule has 1 aromatic heterocycles. The highest BCUT2D eigenvalue weighted by molar-refractivity contribution is 9.10. The van der Waals surface area contributed by atoms with Gasteiger partial charge in [-0.15, -0.1) is 5.10 Å². The number of halogens is 2. The van der Waals surface area contributed by atoms with Crippen molar-refractivity contribution < 1.29 is 4.39 Å². The van der Waals surface area contributed by atoms with Crippen LogP contribution in [-0.2, 0) is 0 Å². The Kier molecular flexibility index (Phi) is 3.19. The van der Waals surface area contributed by atoms with Crippen molar-refractivity contribution in [3.63, 3.8) is 0 Å². The molecule has 1 heterocycles. The molecule has 5 nitrogen and oxygen atoms in total. The molecule has 0 radical (unpaired) electrons. The number of hydrogen-bond donors (Lipinski definition) is 1. The zero-order valence-electron chi connectivity index (χ0n) is 10.2. The van der Waals surface area contributed by atoms with Gasteiger partial charge in [-0.1, -0.05) is 22.0 Å². The molecule has 100 valence electrons. The molecule has 3 rings (SSSR count). The second-order valence-corrected chi connectivity index (χ2v) is 5.08. The predicted octanol–water partition coefficient (Wildman–Crippen LogP) is 2.81. The van der Waals surface area contributed by atoms with E-state index >= 15 is 0 Å². The van der Waals surface area contributed by atoms with Gasteiger partial charge in [0.05, 0.1) is 5.69 Å². The third-order valence-electron chi connectivity index (χ3n) is 2.70. The largest absolute Gasteiger partial charge is 0.399 e. The first kappa shape index (κ1) is 12.7. The number of benzene rings is 2. The Morgan fingerprint density at radius 1 is 1.15 bits per heavy atom. The summed E-state index contributed by atoms with van der Waals surface area (Å²) in [6.45, 7) is 0. The Hall–Kier alpha value is -2.28. The third-order valence-corrected chi connectivity index (χ3v) is 3.19. The molecule has 0 fully saturated rings. The summed E-state index contributed by atoms with van der Waals surface area (Å²) in [5, 5.41) is 11.5. The first-order chi connectivity index (χ1) is 9.63. The van der Waals surface area contributed by atoms with Crippen molar-refractivity contribution in [2.45, 2.75) is 0 Å². The first-order valence-corrected chi connectivity index (χ1v) is 6.53. The van der Waals surface area contributed by atoms with E-state index in [1.807, 2.05) is 24.3 Å². The molecule has 20 heavy (non-hydrogen) atoms. The Balaban J connectivity index is 2.15. The van der Waals surface area contributed by atoms with Crippen molar-refractivity contribution in [3.8, 4) is 17.1 Å². The van der Waals surface area contributed by atoms with Gasteiger partial charge in [0, 0.05) is 15.7 Å². The van der Waals surface area contributed by atoms with Crippen molar-refractivity contribution in [3.05, 3.63) is 52.8 Å². The van der Waals surface area contributed by atoms with Crippen LogP contribution in [0.5, 0.6) is 0 Å². The monoisotopic (exact) mass is 333 g/mol. The van der Waals surface area contributed by atoms with Crippen molar-refractivity contribution in [1.29, 1.82) is 0 Å². The van der Waals surface area contributed by atoms with E-state index in [1.54, 1.807) is 6.07 Å². The Morgan fingerprint density at radius 2 is 2.00 bits per heavy atom. The van der Waals surface area contributed by atoms with Gasteiger partial charge in [-0.2, -0.15) is 4.68 Å². The highest BCUT2D eigenvalue weighted by atomic mass is 79.9. The highest BCUT2D eigenvalue weighted by Gasteiger charge is 2.12. The second-order valence-electron chi connectivity index (χ2n) is 4.17. The van der Waals surface area contributed by atoms with Crippen LogP contribution < -0.4 is 5.73 Å². The Bertz CT molecular complexity index is 751. The van der Waals surface area contributed by atoms with E-state index in [4.69, 9.17) is 5.73 Å². The van der Waals surface area contributed by atoms with Gasteiger partial charge in [0.1, 0.15) is 5.82 Å². The van der Waals surface area contributed by atoms with E-state index in [2.05, 4.69) is 31.5 Å². The van der Waals surface area contributed by atoms with Crippen LogP contribution in [0.1, 0.15) is 0 Å². The van der Waals surface area contributed by atoms with Crippen molar-refractivity contribution in [2.24, 2.45) is 0 Å². The summed E-state index contributed by atoms with van der Waals surface area (Å²) in [4.78, 5) is 0. The first-order valence-electron chi connectivity index (χ1n) is 5.74. The Morgan fingerprint density at radius 3 is 2.75 bits per heavy atom. The van der Waals surface area contributed by atoms with Gasteiger partial charge in [0.15, 0.2) is 5.82 Å². The minimum atomic E-state index is -0.427. The van der Waals surface area contributed by atoms with Crippen LogP contribution in [0.15, 0.2) is 46.9 Å². The van der Waals surface area contributed by atoms with Gasteiger partial charge in [0.25, 0.3) is 0 Å². The summed E-state index contributed by atoms with van der Waals surface area (Å²) in [6, 6.07) is 11.7. The highest BCUT2D eigenvalue weighted by Crippen LogP contribution is 2.24. The smallest absolute Gasteiger partial charge is 0.187 e. The second kappa shape index (κ2) is 5.01.